The van der Waals surface area contributed by atoms with Crippen LogP contribution in [0.3, 0.4) is 0 Å². The average Bonchev–Trinajstić information content (AvgIpc) is 3.15. The molecule has 132 valence electrons. The molecule has 1 aliphatic rings. The van der Waals surface area contributed by atoms with E-state index in [9.17, 15) is 0 Å². The second-order valence-electron chi connectivity index (χ2n) is 6.92. The first-order valence-corrected chi connectivity index (χ1v) is 9.17. The van der Waals surface area contributed by atoms with Gasteiger partial charge >= 0.3 is 0 Å². The first kappa shape index (κ1) is 15.9. The largest absolute Gasteiger partial charge is 0.350 e. The van der Waals surface area contributed by atoms with Gasteiger partial charge in [-0.15, -0.1) is 5.10 Å². The highest BCUT2D eigenvalue weighted by Crippen LogP contribution is 2.39. The molecule has 1 aliphatic carbocycles. The smallest absolute Gasteiger partial charge is 0.243 e. The Bertz CT molecular complexity index is 846. The number of H-pyrrole nitrogens is 1. The lowest BCUT2D eigenvalue weighted by Gasteiger charge is -2.14. The van der Waals surface area contributed by atoms with Gasteiger partial charge in [-0.1, -0.05) is 19.8 Å². The molecule has 1 atom stereocenters. The molecule has 1 fully saturated rings. The molecular formula is C18H25N7. The van der Waals surface area contributed by atoms with E-state index in [1.165, 1.54) is 25.7 Å². The van der Waals surface area contributed by atoms with Crippen molar-refractivity contribution in [1.29, 1.82) is 0 Å². The van der Waals surface area contributed by atoms with Crippen molar-refractivity contribution in [2.24, 2.45) is 0 Å². The third kappa shape index (κ3) is 3.60. The number of aromatic amines is 1. The maximum absolute atomic E-state index is 4.68. The number of rotatable bonds is 8. The number of hydrogen-bond acceptors (Lipinski definition) is 5. The second-order valence-corrected chi connectivity index (χ2v) is 6.92. The van der Waals surface area contributed by atoms with Crippen molar-refractivity contribution in [3.63, 3.8) is 0 Å². The maximum atomic E-state index is 4.68. The van der Waals surface area contributed by atoms with Gasteiger partial charge in [0.05, 0.1) is 5.69 Å². The van der Waals surface area contributed by atoms with E-state index >= 15 is 0 Å². The van der Waals surface area contributed by atoms with E-state index in [4.69, 9.17) is 0 Å². The van der Waals surface area contributed by atoms with Crippen LogP contribution in [0.25, 0.3) is 5.52 Å². The fourth-order valence-corrected chi connectivity index (χ4v) is 3.01. The van der Waals surface area contributed by atoms with Crippen LogP contribution in [0, 0.1) is 0 Å². The molecule has 0 aromatic carbocycles. The van der Waals surface area contributed by atoms with Gasteiger partial charge in [0.2, 0.25) is 5.95 Å². The molecule has 1 saturated carbocycles. The van der Waals surface area contributed by atoms with Crippen LogP contribution in [-0.4, -0.2) is 30.8 Å². The van der Waals surface area contributed by atoms with Gasteiger partial charge in [0.15, 0.2) is 5.82 Å². The predicted octanol–water partition coefficient (Wildman–Crippen LogP) is 4.06. The number of aromatic nitrogens is 5. The molecule has 0 amide bonds. The minimum Gasteiger partial charge on any atom is -0.350 e. The topological polar surface area (TPSA) is 82.9 Å². The molecule has 25 heavy (non-hydrogen) atoms. The van der Waals surface area contributed by atoms with E-state index in [-0.39, 0.29) is 0 Å². The Kier molecular flexibility index (Phi) is 4.29. The Morgan fingerprint density at radius 2 is 2.28 bits per heavy atom. The molecule has 4 rings (SSSR count). The molecule has 0 saturated heterocycles. The highest BCUT2D eigenvalue weighted by Gasteiger charge is 2.26. The van der Waals surface area contributed by atoms with Crippen molar-refractivity contribution in [2.75, 3.05) is 10.6 Å². The lowest BCUT2D eigenvalue weighted by molar-refractivity contribution is 0.638. The summed E-state index contributed by atoms with van der Waals surface area (Å²) in [5.74, 6) is 2.91. The number of nitrogens with zero attached hydrogens (tertiary/aromatic N) is 4. The zero-order valence-corrected chi connectivity index (χ0v) is 14.8. The molecule has 0 radical (unpaired) electrons. The van der Waals surface area contributed by atoms with Crippen molar-refractivity contribution in [1.82, 2.24) is 24.8 Å². The number of hydrogen-bond donors (Lipinski definition) is 3. The Balaban J connectivity index is 1.56. The van der Waals surface area contributed by atoms with Crippen LogP contribution in [0.15, 0.2) is 24.4 Å². The summed E-state index contributed by atoms with van der Waals surface area (Å²) in [5.41, 5.74) is 2.07. The fraction of sp³-hybridized carbons (Fsp3) is 0.500. The highest BCUT2D eigenvalue weighted by molar-refractivity contribution is 5.73. The maximum Gasteiger partial charge on any atom is 0.243 e. The molecule has 7 heteroatoms. The van der Waals surface area contributed by atoms with Gasteiger partial charge in [0.1, 0.15) is 11.3 Å². The number of anilines is 3. The first-order chi connectivity index (χ1) is 12.2. The van der Waals surface area contributed by atoms with Gasteiger partial charge in [0.25, 0.3) is 0 Å². The van der Waals surface area contributed by atoms with Gasteiger partial charge in [-0.2, -0.15) is 10.1 Å². The molecule has 0 spiro atoms. The summed E-state index contributed by atoms with van der Waals surface area (Å²) >= 11 is 0. The predicted molar refractivity (Wildman–Crippen MR) is 99.4 cm³/mol. The van der Waals surface area contributed by atoms with Crippen molar-refractivity contribution in [3.8, 4) is 0 Å². The molecule has 0 aliphatic heterocycles. The quantitative estimate of drug-likeness (QED) is 0.576. The van der Waals surface area contributed by atoms with Crippen molar-refractivity contribution >= 4 is 23.1 Å². The number of nitrogens with one attached hydrogen (secondary N) is 3. The Labute approximate surface area is 147 Å². The molecule has 0 unspecified atom stereocenters. The van der Waals surface area contributed by atoms with E-state index in [0.717, 1.165) is 29.3 Å². The standard InChI is InChI=1S/C18H25N7/c1-3-4-6-12(2)19-18-21-17(15-7-5-10-25(15)24-18)20-16-11-14(22-23-16)13-8-9-13/h5,7,10-13H,3-4,6,8-9H2,1-2H3,(H3,19,20,21,22,23,24)/t12-/m0/s1. The second kappa shape index (κ2) is 6.74. The monoisotopic (exact) mass is 339 g/mol. The highest BCUT2D eigenvalue weighted by atomic mass is 15.3. The molecule has 3 aromatic rings. The van der Waals surface area contributed by atoms with Crippen LogP contribution in [0.2, 0.25) is 0 Å². The lowest BCUT2D eigenvalue weighted by atomic mass is 10.1. The van der Waals surface area contributed by atoms with Crippen molar-refractivity contribution in [2.45, 2.75) is 57.9 Å². The summed E-state index contributed by atoms with van der Waals surface area (Å²) in [6.45, 7) is 4.38. The molecular weight excluding hydrogens is 314 g/mol. The van der Waals surface area contributed by atoms with Crippen LogP contribution < -0.4 is 10.6 Å². The number of fused-ring (bicyclic) bond motifs is 1. The number of unbranched alkanes of at least 4 members (excludes halogenated alkanes) is 1. The van der Waals surface area contributed by atoms with E-state index in [2.05, 4.69) is 50.8 Å². The normalized spacial score (nSPS) is 15.4. The third-order valence-electron chi connectivity index (χ3n) is 4.60. The van der Waals surface area contributed by atoms with E-state index < -0.39 is 0 Å². The van der Waals surface area contributed by atoms with Crippen LogP contribution in [0.5, 0.6) is 0 Å². The molecule has 7 nitrogen and oxygen atoms in total. The van der Waals surface area contributed by atoms with Gasteiger partial charge in [0, 0.05) is 24.2 Å². The minimum absolute atomic E-state index is 0.342. The summed E-state index contributed by atoms with van der Waals surface area (Å²) in [7, 11) is 0. The molecule has 3 N–H and O–H groups in total. The van der Waals surface area contributed by atoms with Crippen molar-refractivity contribution in [3.05, 3.63) is 30.1 Å². The van der Waals surface area contributed by atoms with Gasteiger partial charge in [-0.05, 0) is 38.3 Å². The summed E-state index contributed by atoms with van der Waals surface area (Å²) in [6.07, 6.45) is 7.92. The summed E-state index contributed by atoms with van der Waals surface area (Å²) in [5, 5.41) is 18.8. The van der Waals surface area contributed by atoms with E-state index in [1.807, 2.05) is 22.8 Å². The van der Waals surface area contributed by atoms with Crippen LogP contribution >= 0.6 is 0 Å². The summed E-state index contributed by atoms with van der Waals surface area (Å²) in [6, 6.07) is 6.40. The van der Waals surface area contributed by atoms with E-state index in [0.29, 0.717) is 17.9 Å². The van der Waals surface area contributed by atoms with E-state index in [1.54, 1.807) is 0 Å². The molecule has 3 aromatic heterocycles. The van der Waals surface area contributed by atoms with Crippen LogP contribution in [0.1, 0.15) is 57.6 Å². The summed E-state index contributed by atoms with van der Waals surface area (Å²) < 4.78 is 1.85. The average molecular weight is 339 g/mol. The van der Waals surface area contributed by atoms with Crippen LogP contribution in [0.4, 0.5) is 17.6 Å². The zero-order chi connectivity index (χ0) is 17.2. The van der Waals surface area contributed by atoms with Gasteiger partial charge in [-0.3, -0.25) is 5.10 Å². The Morgan fingerprint density at radius 1 is 1.40 bits per heavy atom. The first-order valence-electron chi connectivity index (χ1n) is 9.17. The minimum atomic E-state index is 0.342. The fourth-order valence-electron chi connectivity index (χ4n) is 3.01. The third-order valence-corrected chi connectivity index (χ3v) is 4.60. The zero-order valence-electron chi connectivity index (χ0n) is 14.8. The Morgan fingerprint density at radius 3 is 3.08 bits per heavy atom. The van der Waals surface area contributed by atoms with Crippen molar-refractivity contribution < 1.29 is 0 Å². The SMILES string of the molecule is CCCC[C@H](C)Nc1nc(Nc2cc(C3CC3)n[nH]2)c2cccn2n1. The Hall–Kier alpha value is -2.57. The molecule has 3 heterocycles. The van der Waals surface area contributed by atoms with Gasteiger partial charge < -0.3 is 10.6 Å². The lowest BCUT2D eigenvalue weighted by Crippen LogP contribution is -2.18. The van der Waals surface area contributed by atoms with Crippen LogP contribution in [-0.2, 0) is 0 Å². The van der Waals surface area contributed by atoms with Gasteiger partial charge in [-0.25, -0.2) is 4.52 Å². The summed E-state index contributed by atoms with van der Waals surface area (Å²) in [4.78, 5) is 4.68. The molecule has 0 bridgehead atoms.